The molecule has 186 valence electrons. The second-order valence-electron chi connectivity index (χ2n) is 8.38. The lowest BCUT2D eigenvalue weighted by Crippen LogP contribution is -2.35. The smallest absolute Gasteiger partial charge is 0.261 e. The molecule has 1 aliphatic rings. The number of hydrogen-bond donors (Lipinski definition) is 2. The summed E-state index contributed by atoms with van der Waals surface area (Å²) in [4.78, 5) is 32.4. The maximum absolute atomic E-state index is 14.8. The molecule has 0 saturated carbocycles. The number of rotatable bonds is 5. The second kappa shape index (κ2) is 9.92. The Hall–Kier alpha value is -3.41. The van der Waals surface area contributed by atoms with Gasteiger partial charge < -0.3 is 14.7 Å². The summed E-state index contributed by atoms with van der Waals surface area (Å²) in [6, 6.07) is 3.54. The molecule has 4 aromatic rings. The summed E-state index contributed by atoms with van der Waals surface area (Å²) in [7, 11) is 1.39. The van der Waals surface area contributed by atoms with Crippen molar-refractivity contribution in [1.29, 1.82) is 0 Å². The van der Waals surface area contributed by atoms with Gasteiger partial charge in [0.25, 0.3) is 5.91 Å². The summed E-state index contributed by atoms with van der Waals surface area (Å²) in [6.45, 7) is 3.18. The molecule has 0 radical (unpaired) electrons. The molecule has 0 unspecified atom stereocenters. The summed E-state index contributed by atoms with van der Waals surface area (Å²) in [5.41, 5.74) is 2.22. The summed E-state index contributed by atoms with van der Waals surface area (Å²) < 4.78 is 20.9. The molecule has 0 atom stereocenters. The molecule has 0 bridgehead atoms. The number of aryl methyl sites for hydroxylation is 1. The van der Waals surface area contributed by atoms with Crippen LogP contribution in [0.5, 0.6) is 5.75 Å². The van der Waals surface area contributed by atoms with E-state index in [2.05, 4.69) is 30.2 Å². The van der Waals surface area contributed by atoms with Gasteiger partial charge in [-0.3, -0.25) is 15.1 Å². The van der Waals surface area contributed by atoms with Crippen LogP contribution in [-0.2, 0) is 0 Å². The molecule has 0 aromatic carbocycles. The first kappa shape index (κ1) is 24.3. The van der Waals surface area contributed by atoms with Crippen LogP contribution in [0.4, 0.5) is 15.2 Å². The Morgan fingerprint density at radius 1 is 1.25 bits per heavy atom. The number of aliphatic hydroxyl groups is 1. The lowest BCUT2D eigenvalue weighted by atomic mass is 9.99. The molecular formula is C24H22ClFN6O3S. The van der Waals surface area contributed by atoms with Gasteiger partial charge in [0, 0.05) is 24.3 Å². The Morgan fingerprint density at radius 3 is 2.78 bits per heavy atom. The Kier molecular flexibility index (Phi) is 6.69. The van der Waals surface area contributed by atoms with Gasteiger partial charge in [-0.2, -0.15) is 4.98 Å². The zero-order chi connectivity index (χ0) is 25.4. The van der Waals surface area contributed by atoms with E-state index in [4.69, 9.17) is 16.3 Å². The highest BCUT2D eigenvalue weighted by atomic mass is 35.5. The average Bonchev–Trinajstić information content (AvgIpc) is 3.25. The highest BCUT2D eigenvalue weighted by Gasteiger charge is 2.25. The number of piperidine rings is 1. The maximum Gasteiger partial charge on any atom is 0.261 e. The molecule has 5 rings (SSSR count). The van der Waals surface area contributed by atoms with Crippen LogP contribution in [-0.4, -0.2) is 57.3 Å². The first-order valence-electron chi connectivity index (χ1n) is 11.2. The molecular weight excluding hydrogens is 507 g/mol. The number of fused-ring (bicyclic) bond motifs is 1. The highest BCUT2D eigenvalue weighted by molar-refractivity contribution is 7.22. The van der Waals surface area contributed by atoms with Crippen LogP contribution >= 0.6 is 22.9 Å². The van der Waals surface area contributed by atoms with E-state index >= 15 is 0 Å². The van der Waals surface area contributed by atoms with Crippen molar-refractivity contribution < 1.29 is 19.0 Å². The fourth-order valence-electron chi connectivity index (χ4n) is 4.20. The van der Waals surface area contributed by atoms with Gasteiger partial charge in [0.1, 0.15) is 10.9 Å². The van der Waals surface area contributed by atoms with E-state index in [1.807, 2.05) is 6.07 Å². The predicted molar refractivity (Wildman–Crippen MR) is 137 cm³/mol. The lowest BCUT2D eigenvalue weighted by molar-refractivity contribution is 0.102. The van der Waals surface area contributed by atoms with Gasteiger partial charge in [-0.15, -0.1) is 0 Å². The number of aromatic nitrogens is 4. The fourth-order valence-corrected chi connectivity index (χ4v) is 5.38. The Balaban J connectivity index is 1.47. The SMILES string of the molecule is COc1cncc(F)c1-c1cc(C)nc(Cl)c1C(=O)Nc1nc2ncc(N3CCC(O)CC3)cc2s1. The molecule has 12 heteroatoms. The van der Waals surface area contributed by atoms with Crippen molar-refractivity contribution >= 4 is 50.0 Å². The van der Waals surface area contributed by atoms with Gasteiger partial charge in [-0.25, -0.2) is 14.4 Å². The minimum Gasteiger partial charge on any atom is -0.494 e. The third kappa shape index (κ3) is 4.69. The summed E-state index contributed by atoms with van der Waals surface area (Å²) in [5, 5.41) is 12.8. The van der Waals surface area contributed by atoms with E-state index in [1.165, 1.54) is 24.6 Å². The number of thiazole rings is 1. The number of ether oxygens (including phenoxy) is 1. The van der Waals surface area contributed by atoms with Crippen molar-refractivity contribution in [2.24, 2.45) is 0 Å². The quantitative estimate of drug-likeness (QED) is 0.365. The molecule has 1 amide bonds. The number of aliphatic hydroxyl groups excluding tert-OH is 1. The maximum atomic E-state index is 14.8. The Bertz CT molecular complexity index is 1460. The van der Waals surface area contributed by atoms with E-state index < -0.39 is 11.7 Å². The van der Waals surface area contributed by atoms with Crippen LogP contribution < -0.4 is 15.0 Å². The van der Waals surface area contributed by atoms with Crippen molar-refractivity contribution in [3.05, 3.63) is 53.0 Å². The van der Waals surface area contributed by atoms with Gasteiger partial charge in [-0.05, 0) is 31.9 Å². The zero-order valence-corrected chi connectivity index (χ0v) is 21.0. The van der Waals surface area contributed by atoms with Crippen molar-refractivity contribution in [3.63, 3.8) is 0 Å². The topological polar surface area (TPSA) is 113 Å². The molecule has 4 aromatic heterocycles. The van der Waals surface area contributed by atoms with E-state index in [-0.39, 0.29) is 33.7 Å². The predicted octanol–water partition coefficient (Wildman–Crippen LogP) is 4.47. The molecule has 2 N–H and O–H groups in total. The summed E-state index contributed by atoms with van der Waals surface area (Å²) in [5.74, 6) is -1.09. The van der Waals surface area contributed by atoms with Crippen molar-refractivity contribution in [1.82, 2.24) is 19.9 Å². The lowest BCUT2D eigenvalue weighted by Gasteiger charge is -2.31. The van der Waals surface area contributed by atoms with Gasteiger partial charge in [-0.1, -0.05) is 22.9 Å². The molecule has 9 nitrogen and oxygen atoms in total. The number of amides is 1. The largest absolute Gasteiger partial charge is 0.494 e. The van der Waals surface area contributed by atoms with Crippen LogP contribution in [0.1, 0.15) is 28.9 Å². The summed E-state index contributed by atoms with van der Waals surface area (Å²) in [6.07, 6.45) is 5.30. The van der Waals surface area contributed by atoms with E-state index in [9.17, 15) is 14.3 Å². The van der Waals surface area contributed by atoms with E-state index in [1.54, 1.807) is 19.2 Å². The molecule has 0 aliphatic carbocycles. The fraction of sp³-hybridized carbons (Fsp3) is 0.292. The number of halogens is 2. The van der Waals surface area contributed by atoms with E-state index in [0.717, 1.165) is 29.7 Å². The van der Waals surface area contributed by atoms with Gasteiger partial charge in [0.15, 0.2) is 16.6 Å². The van der Waals surface area contributed by atoms with Crippen LogP contribution in [0.25, 0.3) is 21.5 Å². The van der Waals surface area contributed by atoms with Crippen molar-refractivity contribution in [2.75, 3.05) is 30.4 Å². The number of carbonyl (C=O) groups excluding carboxylic acids is 1. The van der Waals surface area contributed by atoms with Gasteiger partial charge in [0.2, 0.25) is 0 Å². The van der Waals surface area contributed by atoms with Crippen LogP contribution in [0.2, 0.25) is 5.15 Å². The minimum atomic E-state index is -0.660. The van der Waals surface area contributed by atoms with Crippen LogP contribution in [0, 0.1) is 12.7 Å². The van der Waals surface area contributed by atoms with Crippen LogP contribution in [0.3, 0.4) is 0 Å². The normalized spacial score (nSPS) is 14.3. The molecule has 1 saturated heterocycles. The monoisotopic (exact) mass is 528 g/mol. The van der Waals surface area contributed by atoms with Crippen molar-refractivity contribution in [3.8, 4) is 16.9 Å². The number of pyridine rings is 3. The number of nitrogens with one attached hydrogen (secondary N) is 1. The number of nitrogens with zero attached hydrogens (tertiary/aromatic N) is 5. The molecule has 0 spiro atoms. The minimum absolute atomic E-state index is 0.00885. The third-order valence-corrected chi connectivity index (χ3v) is 7.15. The van der Waals surface area contributed by atoms with E-state index in [0.29, 0.717) is 29.3 Å². The first-order valence-corrected chi connectivity index (χ1v) is 12.4. The summed E-state index contributed by atoms with van der Waals surface area (Å²) >= 11 is 7.65. The van der Waals surface area contributed by atoms with Crippen molar-refractivity contribution in [2.45, 2.75) is 25.9 Å². The molecule has 5 heterocycles. The second-order valence-corrected chi connectivity index (χ2v) is 9.77. The highest BCUT2D eigenvalue weighted by Crippen LogP contribution is 2.37. The Labute approximate surface area is 215 Å². The molecule has 1 aliphatic heterocycles. The van der Waals surface area contributed by atoms with Gasteiger partial charge in [0.05, 0.1) is 53.3 Å². The van der Waals surface area contributed by atoms with Crippen LogP contribution in [0.15, 0.2) is 30.7 Å². The molecule has 1 fully saturated rings. The average molecular weight is 529 g/mol. The standard InChI is InChI=1S/C24H22ClFN6O3S/c1-12-7-15(19-16(26)10-27-11-17(19)35-2)20(21(25)29-12)23(34)31-24-30-22-18(36-24)8-13(9-28-22)32-5-3-14(33)4-6-32/h7-11,14,33H,3-6H2,1-2H3,(H,28,30,31,34). The molecule has 36 heavy (non-hydrogen) atoms. The third-order valence-electron chi connectivity index (χ3n) is 5.97. The first-order chi connectivity index (χ1) is 17.3. The number of anilines is 2. The number of methoxy groups -OCH3 is 1. The Morgan fingerprint density at radius 2 is 2.03 bits per heavy atom. The van der Waals surface area contributed by atoms with Gasteiger partial charge >= 0.3 is 0 Å². The number of carbonyl (C=O) groups is 1. The number of hydrogen-bond acceptors (Lipinski definition) is 9. The zero-order valence-electron chi connectivity index (χ0n) is 19.5.